The van der Waals surface area contributed by atoms with Crippen molar-refractivity contribution in [3.63, 3.8) is 0 Å². The van der Waals surface area contributed by atoms with Crippen LogP contribution < -0.4 is 0 Å². The molecule has 0 spiro atoms. The van der Waals surface area contributed by atoms with E-state index < -0.39 is 0 Å². The fraction of sp³-hybridized carbons (Fsp3) is 0.647. The molecule has 0 radical (unpaired) electrons. The second kappa shape index (κ2) is 3.01. The molecule has 1 aromatic rings. The summed E-state index contributed by atoms with van der Waals surface area (Å²) in [5.41, 5.74) is 4.06. The Morgan fingerprint density at radius 3 is 2.61 bits per heavy atom. The van der Waals surface area contributed by atoms with E-state index >= 15 is 0 Å². The molecule has 2 bridgehead atoms. The largest absolute Gasteiger partial charge is 0.299 e. The maximum Gasteiger partial charge on any atom is 0.0204 e. The van der Waals surface area contributed by atoms with Gasteiger partial charge in [-0.25, -0.2) is 0 Å². The first-order valence-electron chi connectivity index (χ1n) is 7.63. The van der Waals surface area contributed by atoms with E-state index in [9.17, 15) is 0 Å². The van der Waals surface area contributed by atoms with Gasteiger partial charge in [0.2, 0.25) is 0 Å². The molecule has 3 aliphatic carbocycles. The predicted molar refractivity (Wildman–Crippen MR) is 72.7 cm³/mol. The van der Waals surface area contributed by atoms with Crippen molar-refractivity contribution in [1.29, 1.82) is 0 Å². The predicted octanol–water partition coefficient (Wildman–Crippen LogP) is 3.37. The first-order chi connectivity index (χ1) is 8.81. The summed E-state index contributed by atoms with van der Waals surface area (Å²) >= 11 is 0. The molecule has 18 heavy (non-hydrogen) atoms. The molecule has 0 unspecified atom stereocenters. The minimum absolute atomic E-state index is 0.659. The summed E-state index contributed by atoms with van der Waals surface area (Å²) in [6.45, 7) is 5.28. The zero-order valence-corrected chi connectivity index (χ0v) is 11.1. The molecular formula is C17H21N. The highest BCUT2D eigenvalue weighted by molar-refractivity contribution is 5.51. The number of benzene rings is 1. The van der Waals surface area contributed by atoms with Crippen LogP contribution in [0.2, 0.25) is 0 Å². The van der Waals surface area contributed by atoms with E-state index in [1.165, 1.54) is 32.4 Å². The lowest BCUT2D eigenvalue weighted by Gasteiger charge is -2.38. The Bertz CT molecular complexity index is 516. The van der Waals surface area contributed by atoms with Crippen LogP contribution in [0.3, 0.4) is 0 Å². The van der Waals surface area contributed by atoms with Crippen LogP contribution in [-0.4, -0.2) is 24.0 Å². The average Bonchev–Trinajstić information content (AvgIpc) is 2.78. The van der Waals surface area contributed by atoms with E-state index in [1.807, 2.05) is 0 Å². The Morgan fingerprint density at radius 1 is 1.11 bits per heavy atom. The molecule has 1 nitrogen and oxygen atoms in total. The zero-order chi connectivity index (χ0) is 11.9. The topological polar surface area (TPSA) is 3.24 Å². The number of hydrogen-bond acceptors (Lipinski definition) is 1. The van der Waals surface area contributed by atoms with Gasteiger partial charge in [-0.3, -0.25) is 4.90 Å². The Labute approximate surface area is 109 Å². The van der Waals surface area contributed by atoms with Crippen LogP contribution in [0.1, 0.15) is 49.1 Å². The molecule has 5 rings (SSSR count). The van der Waals surface area contributed by atoms with Crippen LogP contribution in [0.25, 0.3) is 0 Å². The third-order valence-electron chi connectivity index (χ3n) is 6.45. The summed E-state index contributed by atoms with van der Waals surface area (Å²) in [7, 11) is 0. The molecule has 1 heteroatoms. The standard InChI is InChI=1S/C17H21N/c1-17-10-13-11-6-2-3-7-12(11)14(17)15(17)16(13)18-8-4-5-9-18/h2-3,6-7,13-16H,4-5,8-10H2,1H3/t13-,14+,15+,16+,17+/m1/s1. The van der Waals surface area contributed by atoms with Crippen molar-refractivity contribution < 1.29 is 0 Å². The second-order valence-corrected chi connectivity index (χ2v) is 7.18. The summed E-state index contributed by atoms with van der Waals surface area (Å²) in [5.74, 6) is 2.72. The molecule has 1 saturated heterocycles. The molecule has 3 fully saturated rings. The average molecular weight is 239 g/mol. The highest BCUT2D eigenvalue weighted by Gasteiger charge is 2.74. The Morgan fingerprint density at radius 2 is 1.83 bits per heavy atom. The van der Waals surface area contributed by atoms with E-state index in [0.717, 1.165) is 23.8 Å². The van der Waals surface area contributed by atoms with Crippen molar-refractivity contribution in [2.45, 2.75) is 44.1 Å². The second-order valence-electron chi connectivity index (χ2n) is 7.18. The maximum absolute atomic E-state index is 2.83. The normalized spacial score (nSPS) is 48.3. The molecule has 0 amide bonds. The van der Waals surface area contributed by atoms with Crippen molar-refractivity contribution in [3.05, 3.63) is 35.4 Å². The fourth-order valence-electron chi connectivity index (χ4n) is 5.79. The maximum atomic E-state index is 2.83. The van der Waals surface area contributed by atoms with Gasteiger partial charge in [-0.2, -0.15) is 0 Å². The molecule has 94 valence electrons. The number of hydrogen-bond donors (Lipinski definition) is 0. The summed E-state index contributed by atoms with van der Waals surface area (Å²) in [6, 6.07) is 10.2. The third-order valence-corrected chi connectivity index (χ3v) is 6.45. The highest BCUT2D eigenvalue weighted by atomic mass is 15.2. The van der Waals surface area contributed by atoms with Crippen molar-refractivity contribution in [2.24, 2.45) is 11.3 Å². The van der Waals surface area contributed by atoms with Crippen LogP contribution >= 0.6 is 0 Å². The quantitative estimate of drug-likeness (QED) is 0.726. The first-order valence-corrected chi connectivity index (χ1v) is 7.63. The van der Waals surface area contributed by atoms with Crippen molar-refractivity contribution in [2.75, 3.05) is 13.1 Å². The third kappa shape index (κ3) is 0.967. The molecular weight excluding hydrogens is 218 g/mol. The Hall–Kier alpha value is -0.820. The zero-order valence-electron chi connectivity index (χ0n) is 11.1. The van der Waals surface area contributed by atoms with Gasteiger partial charge in [0, 0.05) is 12.0 Å². The molecule has 2 saturated carbocycles. The van der Waals surface area contributed by atoms with Gasteiger partial charge in [0.25, 0.3) is 0 Å². The summed E-state index contributed by atoms with van der Waals surface area (Å²) < 4.78 is 0. The van der Waals surface area contributed by atoms with Crippen LogP contribution in [-0.2, 0) is 0 Å². The van der Waals surface area contributed by atoms with Gasteiger partial charge in [0.15, 0.2) is 0 Å². The highest BCUT2D eigenvalue weighted by Crippen LogP contribution is 2.80. The fourth-order valence-corrected chi connectivity index (χ4v) is 5.79. The van der Waals surface area contributed by atoms with Crippen molar-refractivity contribution >= 4 is 0 Å². The SMILES string of the molecule is C[C@]12C[C@@H]3c4ccccc4[C@H]1[C@H]2[C@H]3N1CCCC1. The molecule has 1 aliphatic heterocycles. The summed E-state index contributed by atoms with van der Waals surface area (Å²) in [5, 5.41) is 0. The van der Waals surface area contributed by atoms with Gasteiger partial charge in [0.05, 0.1) is 0 Å². The minimum atomic E-state index is 0.659. The molecule has 0 aromatic heterocycles. The van der Waals surface area contributed by atoms with Gasteiger partial charge in [-0.15, -0.1) is 0 Å². The minimum Gasteiger partial charge on any atom is -0.299 e. The number of nitrogens with zero attached hydrogens (tertiary/aromatic N) is 1. The van der Waals surface area contributed by atoms with Crippen LogP contribution in [0.15, 0.2) is 24.3 Å². The molecule has 5 atom stereocenters. The Kier molecular flexibility index (Phi) is 1.68. The van der Waals surface area contributed by atoms with Gasteiger partial charge in [-0.1, -0.05) is 31.2 Å². The summed E-state index contributed by atoms with van der Waals surface area (Å²) in [6.07, 6.45) is 4.32. The van der Waals surface area contributed by atoms with Crippen molar-refractivity contribution in [1.82, 2.24) is 4.90 Å². The lowest BCUT2D eigenvalue weighted by Crippen LogP contribution is -2.40. The van der Waals surface area contributed by atoms with Gasteiger partial charge in [0.1, 0.15) is 0 Å². The lowest BCUT2D eigenvalue weighted by molar-refractivity contribution is 0.193. The van der Waals surface area contributed by atoms with Crippen LogP contribution in [0.5, 0.6) is 0 Å². The summed E-state index contributed by atoms with van der Waals surface area (Å²) in [4.78, 5) is 2.83. The van der Waals surface area contributed by atoms with E-state index in [2.05, 4.69) is 36.1 Å². The molecule has 1 heterocycles. The first kappa shape index (κ1) is 10.0. The van der Waals surface area contributed by atoms with E-state index in [-0.39, 0.29) is 0 Å². The Balaban J connectivity index is 1.63. The number of rotatable bonds is 1. The van der Waals surface area contributed by atoms with Crippen LogP contribution in [0.4, 0.5) is 0 Å². The van der Waals surface area contributed by atoms with Gasteiger partial charge >= 0.3 is 0 Å². The van der Waals surface area contributed by atoms with Gasteiger partial charge in [-0.05, 0) is 60.7 Å². The van der Waals surface area contributed by atoms with E-state index in [4.69, 9.17) is 0 Å². The molecule has 1 aromatic carbocycles. The van der Waals surface area contributed by atoms with E-state index in [1.54, 1.807) is 11.1 Å². The van der Waals surface area contributed by atoms with Crippen LogP contribution in [0, 0.1) is 11.3 Å². The van der Waals surface area contributed by atoms with Gasteiger partial charge < -0.3 is 0 Å². The lowest BCUT2D eigenvalue weighted by atomic mass is 9.74. The smallest absolute Gasteiger partial charge is 0.0204 e. The number of fused-ring (bicyclic) bond motifs is 5. The molecule has 0 N–H and O–H groups in total. The number of likely N-dealkylation sites (tertiary alicyclic amines) is 1. The molecule has 4 aliphatic rings. The monoisotopic (exact) mass is 239 g/mol. The van der Waals surface area contributed by atoms with Crippen molar-refractivity contribution in [3.8, 4) is 0 Å². The van der Waals surface area contributed by atoms with E-state index in [0.29, 0.717) is 5.41 Å².